The SMILES string of the molecule is Cc1ccc(Cl)cc1N1C(=O)[C@@H]2[C@@H]3CCCN3[C@@]3(C(=O)Nc4ccccc43)[C@H]2C1=O. The van der Waals surface area contributed by atoms with E-state index >= 15 is 0 Å². The summed E-state index contributed by atoms with van der Waals surface area (Å²) in [7, 11) is 0. The number of imide groups is 1. The molecule has 3 amide bonds. The van der Waals surface area contributed by atoms with Crippen LogP contribution in [0.25, 0.3) is 0 Å². The number of anilines is 2. The van der Waals surface area contributed by atoms with E-state index in [2.05, 4.69) is 10.2 Å². The van der Waals surface area contributed by atoms with E-state index in [-0.39, 0.29) is 23.8 Å². The van der Waals surface area contributed by atoms with Gasteiger partial charge >= 0.3 is 0 Å². The average Bonchev–Trinajstić information content (AvgIpc) is 3.42. The number of aryl methyl sites for hydroxylation is 1. The highest BCUT2D eigenvalue weighted by Crippen LogP contribution is 2.60. The maximum atomic E-state index is 13.9. The minimum atomic E-state index is -1.13. The number of nitrogens with one attached hydrogen (secondary N) is 1. The van der Waals surface area contributed by atoms with E-state index in [0.29, 0.717) is 17.3 Å². The Kier molecular flexibility index (Phi) is 3.58. The van der Waals surface area contributed by atoms with Crippen LogP contribution >= 0.6 is 11.6 Å². The molecular weight excluding hydrogens is 402 g/mol. The Morgan fingerprint density at radius 2 is 1.90 bits per heavy atom. The van der Waals surface area contributed by atoms with Gasteiger partial charge in [-0.05, 0) is 50.1 Å². The smallest absolute Gasteiger partial charge is 0.250 e. The second-order valence-corrected chi connectivity index (χ2v) is 9.05. The Bertz CT molecular complexity index is 1150. The molecule has 4 aliphatic rings. The highest BCUT2D eigenvalue weighted by atomic mass is 35.5. The molecule has 6 rings (SSSR count). The van der Waals surface area contributed by atoms with Crippen molar-refractivity contribution < 1.29 is 14.4 Å². The van der Waals surface area contributed by atoms with Gasteiger partial charge in [-0.3, -0.25) is 19.3 Å². The minimum absolute atomic E-state index is 0.118. The van der Waals surface area contributed by atoms with Gasteiger partial charge in [0.2, 0.25) is 17.7 Å². The van der Waals surface area contributed by atoms with E-state index in [1.807, 2.05) is 37.3 Å². The Balaban J connectivity index is 1.57. The lowest BCUT2D eigenvalue weighted by atomic mass is 9.75. The fraction of sp³-hybridized carbons (Fsp3) is 0.348. The molecule has 4 atom stereocenters. The van der Waals surface area contributed by atoms with Crippen LogP contribution in [-0.4, -0.2) is 35.2 Å². The van der Waals surface area contributed by atoms with E-state index in [0.717, 1.165) is 29.7 Å². The number of carbonyl (C=O) groups is 3. The summed E-state index contributed by atoms with van der Waals surface area (Å²) in [6, 6.07) is 12.6. The van der Waals surface area contributed by atoms with Gasteiger partial charge < -0.3 is 5.32 Å². The molecule has 30 heavy (non-hydrogen) atoms. The molecule has 6 nitrogen and oxygen atoms in total. The summed E-state index contributed by atoms with van der Waals surface area (Å²) in [5.41, 5.74) is 1.72. The van der Waals surface area contributed by atoms with Crippen molar-refractivity contribution in [1.82, 2.24) is 4.90 Å². The molecule has 0 aromatic heterocycles. The summed E-state index contributed by atoms with van der Waals surface area (Å²) in [6.45, 7) is 2.56. The first-order valence-corrected chi connectivity index (χ1v) is 10.7. The van der Waals surface area contributed by atoms with Crippen molar-refractivity contribution >= 4 is 40.7 Å². The fourth-order valence-corrected chi connectivity index (χ4v) is 6.39. The van der Waals surface area contributed by atoms with Crippen LogP contribution in [0, 0.1) is 18.8 Å². The van der Waals surface area contributed by atoms with Crippen LogP contribution in [0.1, 0.15) is 24.0 Å². The Morgan fingerprint density at radius 3 is 2.73 bits per heavy atom. The normalized spacial score (nSPS) is 32.0. The van der Waals surface area contributed by atoms with Crippen molar-refractivity contribution in [2.45, 2.75) is 31.3 Å². The number of carbonyl (C=O) groups excluding carboxylic acids is 3. The lowest BCUT2D eigenvalue weighted by Gasteiger charge is -2.36. The average molecular weight is 422 g/mol. The van der Waals surface area contributed by atoms with Crippen molar-refractivity contribution in [3.05, 3.63) is 58.6 Å². The zero-order chi connectivity index (χ0) is 20.8. The van der Waals surface area contributed by atoms with Crippen LogP contribution in [0.4, 0.5) is 11.4 Å². The molecule has 0 bridgehead atoms. The molecule has 4 heterocycles. The van der Waals surface area contributed by atoms with Crippen molar-refractivity contribution in [3.8, 4) is 0 Å². The third-order valence-electron chi connectivity index (χ3n) is 7.31. The van der Waals surface area contributed by atoms with Gasteiger partial charge in [0.05, 0.1) is 17.5 Å². The Labute approximate surface area is 178 Å². The lowest BCUT2D eigenvalue weighted by Crippen LogP contribution is -2.54. The summed E-state index contributed by atoms with van der Waals surface area (Å²) < 4.78 is 0. The van der Waals surface area contributed by atoms with Crippen molar-refractivity contribution in [2.75, 3.05) is 16.8 Å². The molecule has 2 aromatic carbocycles. The molecule has 152 valence electrons. The van der Waals surface area contributed by atoms with Gasteiger partial charge in [-0.25, -0.2) is 4.90 Å². The van der Waals surface area contributed by atoms with E-state index < -0.39 is 17.4 Å². The third kappa shape index (κ3) is 1.96. The number of benzene rings is 2. The first-order valence-electron chi connectivity index (χ1n) is 10.3. The van der Waals surface area contributed by atoms with E-state index in [4.69, 9.17) is 11.6 Å². The number of para-hydroxylation sites is 1. The number of rotatable bonds is 1. The molecule has 0 aliphatic carbocycles. The standard InChI is InChI=1S/C23H20ClN3O3/c1-12-8-9-13(24)11-17(12)27-20(28)18-16-7-4-10-26(16)23(19(18)21(27)29)14-5-2-3-6-15(14)25-22(23)30/h2-3,5-6,8-9,11,16,18-19H,4,7,10H2,1H3,(H,25,30)/t16-,18+,19+,23+/m0/s1. The summed E-state index contributed by atoms with van der Waals surface area (Å²) in [6.07, 6.45) is 1.71. The van der Waals surface area contributed by atoms with Crippen molar-refractivity contribution in [2.24, 2.45) is 11.8 Å². The Morgan fingerprint density at radius 1 is 1.10 bits per heavy atom. The van der Waals surface area contributed by atoms with Crippen LogP contribution in [0.5, 0.6) is 0 Å². The number of halogens is 1. The zero-order valence-corrected chi connectivity index (χ0v) is 17.1. The summed E-state index contributed by atoms with van der Waals surface area (Å²) in [5.74, 6) is -2.00. The minimum Gasteiger partial charge on any atom is -0.324 e. The predicted octanol–water partition coefficient (Wildman–Crippen LogP) is 3.08. The van der Waals surface area contributed by atoms with Gasteiger partial charge in [-0.15, -0.1) is 0 Å². The predicted molar refractivity (Wildman–Crippen MR) is 112 cm³/mol. The molecular formula is C23H20ClN3O3. The molecule has 0 saturated carbocycles. The van der Waals surface area contributed by atoms with E-state index in [9.17, 15) is 14.4 Å². The molecule has 1 spiro atoms. The molecule has 0 unspecified atom stereocenters. The quantitative estimate of drug-likeness (QED) is 0.718. The molecule has 1 N–H and O–H groups in total. The Hall–Kier alpha value is -2.70. The molecule has 7 heteroatoms. The van der Waals surface area contributed by atoms with E-state index in [1.165, 1.54) is 4.90 Å². The van der Waals surface area contributed by atoms with Crippen LogP contribution in [0.15, 0.2) is 42.5 Å². The van der Waals surface area contributed by atoms with Gasteiger partial charge in [0.15, 0.2) is 0 Å². The third-order valence-corrected chi connectivity index (χ3v) is 7.55. The largest absolute Gasteiger partial charge is 0.324 e. The monoisotopic (exact) mass is 421 g/mol. The molecule has 0 radical (unpaired) electrons. The first kappa shape index (κ1) is 18.1. The lowest BCUT2D eigenvalue weighted by molar-refractivity contribution is -0.135. The second kappa shape index (κ2) is 5.93. The van der Waals surface area contributed by atoms with Crippen LogP contribution in [0.3, 0.4) is 0 Å². The van der Waals surface area contributed by atoms with Gasteiger partial charge in [-0.2, -0.15) is 0 Å². The van der Waals surface area contributed by atoms with Crippen LogP contribution in [-0.2, 0) is 19.9 Å². The first-order chi connectivity index (χ1) is 14.5. The van der Waals surface area contributed by atoms with Gasteiger partial charge in [0, 0.05) is 22.3 Å². The van der Waals surface area contributed by atoms with Crippen LogP contribution in [0.2, 0.25) is 5.02 Å². The number of hydrogen-bond acceptors (Lipinski definition) is 4. The maximum absolute atomic E-state index is 13.9. The number of hydrogen-bond donors (Lipinski definition) is 1. The van der Waals surface area contributed by atoms with Gasteiger partial charge in [-0.1, -0.05) is 35.9 Å². The highest BCUT2D eigenvalue weighted by Gasteiger charge is 2.74. The molecule has 3 fully saturated rings. The highest BCUT2D eigenvalue weighted by molar-refractivity contribution is 6.32. The fourth-order valence-electron chi connectivity index (χ4n) is 6.22. The molecule has 4 aliphatic heterocycles. The molecule has 3 saturated heterocycles. The van der Waals surface area contributed by atoms with Crippen molar-refractivity contribution in [1.29, 1.82) is 0 Å². The maximum Gasteiger partial charge on any atom is 0.250 e. The molecule has 2 aromatic rings. The summed E-state index contributed by atoms with van der Waals surface area (Å²) in [5, 5.41) is 3.45. The second-order valence-electron chi connectivity index (χ2n) is 8.62. The van der Waals surface area contributed by atoms with Gasteiger partial charge in [0.1, 0.15) is 5.54 Å². The number of fused-ring (bicyclic) bond motifs is 7. The van der Waals surface area contributed by atoms with Crippen LogP contribution < -0.4 is 10.2 Å². The zero-order valence-electron chi connectivity index (χ0n) is 16.4. The number of amides is 3. The van der Waals surface area contributed by atoms with Gasteiger partial charge in [0.25, 0.3) is 0 Å². The summed E-state index contributed by atoms with van der Waals surface area (Å²) in [4.78, 5) is 44.4. The number of nitrogens with zero attached hydrogens (tertiary/aromatic N) is 2. The topological polar surface area (TPSA) is 69.7 Å². The van der Waals surface area contributed by atoms with Crippen molar-refractivity contribution in [3.63, 3.8) is 0 Å². The summed E-state index contributed by atoms with van der Waals surface area (Å²) >= 11 is 6.19. The van der Waals surface area contributed by atoms with E-state index in [1.54, 1.807) is 12.1 Å².